The summed E-state index contributed by atoms with van der Waals surface area (Å²) >= 11 is 0. The van der Waals surface area contributed by atoms with Crippen molar-refractivity contribution in [3.8, 4) is 5.75 Å². The molecule has 0 heterocycles. The maximum Gasteiger partial charge on any atom is 0.262 e. The molecule has 5 heteroatoms. The Hall–Kier alpha value is -2.53. The molecule has 0 aliphatic heterocycles. The van der Waals surface area contributed by atoms with E-state index in [-0.39, 0.29) is 4.90 Å². The van der Waals surface area contributed by atoms with Crippen molar-refractivity contribution >= 4 is 26.5 Å². The zero-order valence-electron chi connectivity index (χ0n) is 12.9. The standard InChI is InChI=1S/C18H17NO3S/c1-13-10-11-17(22-2)16(12-13)19-23(20,21)18-9-5-7-14-6-3-4-8-15(14)18/h3-12,19H,1-2H3. The van der Waals surface area contributed by atoms with Gasteiger partial charge in [0.05, 0.1) is 17.7 Å². The Morgan fingerprint density at radius 1 is 0.957 bits per heavy atom. The minimum Gasteiger partial charge on any atom is -0.495 e. The van der Waals surface area contributed by atoms with E-state index in [1.165, 1.54) is 7.11 Å². The molecule has 0 aliphatic carbocycles. The van der Waals surface area contributed by atoms with Gasteiger partial charge in [0.25, 0.3) is 10.0 Å². The fraction of sp³-hybridized carbons (Fsp3) is 0.111. The number of sulfonamides is 1. The van der Waals surface area contributed by atoms with Gasteiger partial charge in [-0.3, -0.25) is 4.72 Å². The van der Waals surface area contributed by atoms with Crippen LogP contribution in [0.25, 0.3) is 10.8 Å². The molecular weight excluding hydrogens is 310 g/mol. The monoisotopic (exact) mass is 327 g/mol. The van der Waals surface area contributed by atoms with Gasteiger partial charge < -0.3 is 4.74 Å². The second kappa shape index (κ2) is 5.93. The number of aryl methyl sites for hydroxylation is 1. The van der Waals surface area contributed by atoms with Gasteiger partial charge in [-0.15, -0.1) is 0 Å². The van der Waals surface area contributed by atoms with Gasteiger partial charge in [0, 0.05) is 5.39 Å². The first-order chi connectivity index (χ1) is 11.0. The zero-order valence-corrected chi connectivity index (χ0v) is 13.7. The van der Waals surface area contributed by atoms with Crippen LogP contribution < -0.4 is 9.46 Å². The Morgan fingerprint density at radius 3 is 2.48 bits per heavy atom. The molecule has 0 atom stereocenters. The first kappa shape index (κ1) is 15.4. The summed E-state index contributed by atoms with van der Waals surface area (Å²) in [7, 11) is -2.21. The Morgan fingerprint density at radius 2 is 1.70 bits per heavy atom. The summed E-state index contributed by atoms with van der Waals surface area (Å²) in [6.07, 6.45) is 0. The van der Waals surface area contributed by atoms with Crippen molar-refractivity contribution < 1.29 is 13.2 Å². The van der Waals surface area contributed by atoms with Crippen molar-refractivity contribution in [2.45, 2.75) is 11.8 Å². The van der Waals surface area contributed by atoms with E-state index in [9.17, 15) is 8.42 Å². The summed E-state index contributed by atoms with van der Waals surface area (Å²) in [5, 5.41) is 1.57. The van der Waals surface area contributed by atoms with E-state index >= 15 is 0 Å². The summed E-state index contributed by atoms with van der Waals surface area (Å²) in [5.74, 6) is 0.486. The topological polar surface area (TPSA) is 55.4 Å². The Balaban J connectivity index is 2.10. The van der Waals surface area contributed by atoms with Gasteiger partial charge in [0.1, 0.15) is 5.75 Å². The summed E-state index contributed by atoms with van der Waals surface area (Å²) in [6.45, 7) is 1.90. The lowest BCUT2D eigenvalue weighted by Gasteiger charge is -2.14. The number of rotatable bonds is 4. The number of methoxy groups -OCH3 is 1. The molecule has 0 spiro atoms. The van der Waals surface area contributed by atoms with Crippen molar-refractivity contribution in [3.63, 3.8) is 0 Å². The zero-order chi connectivity index (χ0) is 16.4. The molecule has 23 heavy (non-hydrogen) atoms. The Bertz CT molecular complexity index is 960. The van der Waals surface area contributed by atoms with Crippen molar-refractivity contribution in [3.05, 3.63) is 66.2 Å². The molecule has 0 amide bonds. The number of hydrogen-bond donors (Lipinski definition) is 1. The smallest absolute Gasteiger partial charge is 0.262 e. The lowest BCUT2D eigenvalue weighted by Crippen LogP contribution is -2.14. The van der Waals surface area contributed by atoms with Gasteiger partial charge in [0.15, 0.2) is 0 Å². The molecule has 0 aliphatic rings. The molecule has 0 fully saturated rings. The third-order valence-corrected chi connectivity index (χ3v) is 5.06. The minimum atomic E-state index is -3.72. The SMILES string of the molecule is COc1ccc(C)cc1NS(=O)(=O)c1cccc2ccccc12. The molecule has 118 valence electrons. The van der Waals surface area contributed by atoms with Crippen LogP contribution in [-0.2, 0) is 10.0 Å². The van der Waals surface area contributed by atoms with Gasteiger partial charge in [-0.2, -0.15) is 0 Å². The third-order valence-electron chi connectivity index (χ3n) is 3.64. The molecule has 0 saturated heterocycles. The first-order valence-electron chi connectivity index (χ1n) is 7.16. The lowest BCUT2D eigenvalue weighted by atomic mass is 10.1. The molecule has 0 saturated carbocycles. The molecule has 0 bridgehead atoms. The number of nitrogens with one attached hydrogen (secondary N) is 1. The van der Waals surface area contributed by atoms with Crippen molar-refractivity contribution in [2.75, 3.05) is 11.8 Å². The van der Waals surface area contributed by atoms with E-state index in [4.69, 9.17) is 4.74 Å². The summed E-state index contributed by atoms with van der Waals surface area (Å²) in [4.78, 5) is 0.249. The van der Waals surface area contributed by atoms with Gasteiger partial charge >= 0.3 is 0 Å². The highest BCUT2D eigenvalue weighted by molar-refractivity contribution is 7.93. The largest absolute Gasteiger partial charge is 0.495 e. The van der Waals surface area contributed by atoms with E-state index in [0.717, 1.165) is 10.9 Å². The average molecular weight is 327 g/mol. The molecule has 0 radical (unpaired) electrons. The first-order valence-corrected chi connectivity index (χ1v) is 8.65. The molecule has 3 aromatic carbocycles. The summed E-state index contributed by atoms with van der Waals surface area (Å²) in [6, 6.07) is 18.0. The van der Waals surface area contributed by atoms with Crippen LogP contribution in [-0.4, -0.2) is 15.5 Å². The van der Waals surface area contributed by atoms with Crippen LogP contribution in [0.5, 0.6) is 5.75 Å². The lowest BCUT2D eigenvalue weighted by molar-refractivity contribution is 0.417. The average Bonchev–Trinajstić information content (AvgIpc) is 2.54. The van der Waals surface area contributed by atoms with Gasteiger partial charge in [-0.05, 0) is 36.1 Å². The Kier molecular flexibility index (Phi) is 3.96. The van der Waals surface area contributed by atoms with Crippen LogP contribution in [0.2, 0.25) is 0 Å². The highest BCUT2D eigenvalue weighted by Crippen LogP contribution is 2.30. The fourth-order valence-electron chi connectivity index (χ4n) is 2.53. The van der Waals surface area contributed by atoms with Crippen molar-refractivity contribution in [1.82, 2.24) is 0 Å². The quantitative estimate of drug-likeness (QED) is 0.789. The van der Waals surface area contributed by atoms with E-state index in [1.807, 2.05) is 37.3 Å². The van der Waals surface area contributed by atoms with E-state index < -0.39 is 10.0 Å². The van der Waals surface area contributed by atoms with Crippen LogP contribution in [0.15, 0.2) is 65.6 Å². The number of hydrogen-bond acceptors (Lipinski definition) is 3. The van der Waals surface area contributed by atoms with Gasteiger partial charge in [0.2, 0.25) is 0 Å². The van der Waals surface area contributed by atoms with Crippen LogP contribution in [0, 0.1) is 6.92 Å². The number of ether oxygens (including phenoxy) is 1. The fourth-order valence-corrected chi connectivity index (χ4v) is 3.82. The van der Waals surface area contributed by atoms with Gasteiger partial charge in [-0.1, -0.05) is 42.5 Å². The van der Waals surface area contributed by atoms with E-state index in [2.05, 4.69) is 4.72 Å². The highest BCUT2D eigenvalue weighted by Gasteiger charge is 2.19. The molecular formula is C18H17NO3S. The number of fused-ring (bicyclic) bond motifs is 1. The van der Waals surface area contributed by atoms with Crippen LogP contribution in [0.1, 0.15) is 5.56 Å². The normalized spacial score (nSPS) is 11.4. The number of anilines is 1. The second-order valence-corrected chi connectivity index (χ2v) is 6.94. The predicted octanol–water partition coefficient (Wildman–Crippen LogP) is 3.96. The molecule has 3 aromatic rings. The van der Waals surface area contributed by atoms with Crippen molar-refractivity contribution in [2.24, 2.45) is 0 Å². The maximum absolute atomic E-state index is 12.8. The van der Waals surface area contributed by atoms with Crippen LogP contribution in [0.3, 0.4) is 0 Å². The Labute approximate surface area is 135 Å². The molecule has 0 unspecified atom stereocenters. The predicted molar refractivity (Wildman–Crippen MR) is 92.5 cm³/mol. The van der Waals surface area contributed by atoms with Crippen LogP contribution >= 0.6 is 0 Å². The van der Waals surface area contributed by atoms with E-state index in [0.29, 0.717) is 16.8 Å². The summed E-state index contributed by atoms with van der Waals surface area (Å²) in [5.41, 5.74) is 1.38. The van der Waals surface area contributed by atoms with Crippen LogP contribution in [0.4, 0.5) is 5.69 Å². The molecule has 4 nitrogen and oxygen atoms in total. The third kappa shape index (κ3) is 3.00. The highest BCUT2D eigenvalue weighted by atomic mass is 32.2. The molecule has 1 N–H and O–H groups in total. The van der Waals surface area contributed by atoms with Crippen molar-refractivity contribution in [1.29, 1.82) is 0 Å². The maximum atomic E-state index is 12.8. The molecule has 3 rings (SSSR count). The van der Waals surface area contributed by atoms with E-state index in [1.54, 1.807) is 30.3 Å². The molecule has 0 aromatic heterocycles. The second-order valence-electron chi connectivity index (χ2n) is 5.29. The number of benzene rings is 3. The van der Waals surface area contributed by atoms with Gasteiger partial charge in [-0.25, -0.2) is 8.42 Å². The summed E-state index contributed by atoms with van der Waals surface area (Å²) < 4.78 is 33.5. The minimum absolute atomic E-state index is 0.249.